The Morgan fingerprint density at radius 1 is 1.13 bits per heavy atom. The van der Waals surface area contributed by atoms with Crippen LogP contribution in [0.2, 0.25) is 0 Å². The fourth-order valence-corrected chi connectivity index (χ4v) is 1.83. The van der Waals surface area contributed by atoms with E-state index in [4.69, 9.17) is 4.74 Å². The normalized spacial score (nSPS) is 11.5. The van der Waals surface area contributed by atoms with E-state index in [0.717, 1.165) is 13.1 Å². The van der Waals surface area contributed by atoms with Crippen molar-refractivity contribution in [2.24, 2.45) is 0 Å². The van der Waals surface area contributed by atoms with Crippen LogP contribution in [0.3, 0.4) is 0 Å². The molecule has 0 aliphatic rings. The molecule has 0 unspecified atom stereocenters. The molecule has 0 aliphatic carbocycles. The highest BCUT2D eigenvalue weighted by Crippen LogP contribution is 2.11. The molecule has 23 heavy (non-hydrogen) atoms. The number of hydrogen-bond acceptors (Lipinski definition) is 4. The lowest BCUT2D eigenvalue weighted by Crippen LogP contribution is -2.32. The molecule has 0 saturated heterocycles. The predicted molar refractivity (Wildman–Crippen MR) is 95.9 cm³/mol. The van der Waals surface area contributed by atoms with Gasteiger partial charge >= 0.3 is 6.09 Å². The molecule has 1 aromatic carbocycles. The maximum atomic E-state index is 11.4. The number of rotatable bonds is 7. The third-order valence-electron chi connectivity index (χ3n) is 2.97. The Morgan fingerprint density at radius 3 is 2.30 bits per heavy atom. The van der Waals surface area contributed by atoms with Gasteiger partial charge in [-0.15, -0.1) is 0 Å². The van der Waals surface area contributed by atoms with Gasteiger partial charge in [-0.05, 0) is 38.5 Å². The van der Waals surface area contributed by atoms with Crippen LogP contribution < -0.4 is 15.5 Å². The van der Waals surface area contributed by atoms with Gasteiger partial charge in [0, 0.05) is 39.4 Å². The number of carbonyl (C=O) groups is 1. The van der Waals surface area contributed by atoms with Gasteiger partial charge in [0.05, 0.1) is 0 Å². The van der Waals surface area contributed by atoms with Gasteiger partial charge in [-0.1, -0.05) is 24.3 Å². The highest BCUT2D eigenvalue weighted by Gasteiger charge is 2.14. The van der Waals surface area contributed by atoms with Crippen molar-refractivity contribution in [2.75, 3.05) is 32.1 Å². The standard InChI is InChI=1S/C18H29N3O2/c1-18(2,3)23-17(22)20-13-7-6-12-19-14-15-8-10-16(11-9-15)21(4)5/h6-11,19H,12-14H2,1-5H3,(H,20,22)/b7-6+. The molecule has 1 rings (SSSR count). The van der Waals surface area contributed by atoms with Crippen molar-refractivity contribution in [3.05, 3.63) is 42.0 Å². The summed E-state index contributed by atoms with van der Waals surface area (Å²) >= 11 is 0. The number of anilines is 1. The van der Waals surface area contributed by atoms with Crippen molar-refractivity contribution >= 4 is 11.8 Å². The van der Waals surface area contributed by atoms with Gasteiger partial charge in [-0.2, -0.15) is 0 Å². The van der Waals surface area contributed by atoms with Gasteiger partial charge in [0.25, 0.3) is 0 Å². The lowest BCUT2D eigenvalue weighted by Gasteiger charge is -2.19. The molecule has 1 aromatic rings. The summed E-state index contributed by atoms with van der Waals surface area (Å²) in [5, 5.41) is 6.02. The molecule has 0 atom stereocenters. The first kappa shape index (κ1) is 19.0. The van der Waals surface area contributed by atoms with Crippen molar-refractivity contribution in [3.63, 3.8) is 0 Å². The third kappa shape index (κ3) is 8.88. The van der Waals surface area contributed by atoms with Gasteiger partial charge in [-0.3, -0.25) is 0 Å². The Bertz CT molecular complexity index is 502. The smallest absolute Gasteiger partial charge is 0.407 e. The van der Waals surface area contributed by atoms with Crippen LogP contribution in [0.15, 0.2) is 36.4 Å². The molecule has 0 radical (unpaired) electrons. The fraction of sp³-hybridized carbons (Fsp3) is 0.500. The molecule has 5 nitrogen and oxygen atoms in total. The largest absolute Gasteiger partial charge is 0.444 e. The molecule has 0 aliphatic heterocycles. The van der Waals surface area contributed by atoms with Crippen molar-refractivity contribution < 1.29 is 9.53 Å². The van der Waals surface area contributed by atoms with Gasteiger partial charge < -0.3 is 20.3 Å². The van der Waals surface area contributed by atoms with Crippen molar-refractivity contribution in [3.8, 4) is 0 Å². The highest BCUT2D eigenvalue weighted by molar-refractivity contribution is 5.67. The van der Waals surface area contributed by atoms with E-state index >= 15 is 0 Å². The van der Waals surface area contributed by atoms with Gasteiger partial charge in [-0.25, -0.2) is 4.79 Å². The quantitative estimate of drug-likeness (QED) is 0.599. The van der Waals surface area contributed by atoms with Crippen LogP contribution in [0.1, 0.15) is 26.3 Å². The number of nitrogens with zero attached hydrogens (tertiary/aromatic N) is 1. The molecule has 0 bridgehead atoms. The van der Waals surface area contributed by atoms with Gasteiger partial charge in [0.15, 0.2) is 0 Å². The molecular weight excluding hydrogens is 290 g/mol. The summed E-state index contributed by atoms with van der Waals surface area (Å²) in [5.74, 6) is 0. The maximum Gasteiger partial charge on any atom is 0.407 e. The molecule has 0 spiro atoms. The van der Waals surface area contributed by atoms with E-state index in [2.05, 4.69) is 39.8 Å². The van der Waals surface area contributed by atoms with Crippen molar-refractivity contribution in [1.29, 1.82) is 0 Å². The molecule has 0 fully saturated rings. The summed E-state index contributed by atoms with van der Waals surface area (Å²) in [6.07, 6.45) is 3.51. The Labute approximate surface area is 139 Å². The maximum absolute atomic E-state index is 11.4. The number of alkyl carbamates (subject to hydrolysis) is 1. The molecule has 0 saturated carbocycles. The topological polar surface area (TPSA) is 53.6 Å². The Kier molecular flexibility index (Phi) is 7.62. The first-order chi connectivity index (χ1) is 10.8. The van der Waals surface area contributed by atoms with Gasteiger partial charge in [0.2, 0.25) is 0 Å². The second-order valence-corrected chi connectivity index (χ2v) is 6.55. The van der Waals surface area contributed by atoms with E-state index in [0.29, 0.717) is 6.54 Å². The summed E-state index contributed by atoms with van der Waals surface area (Å²) in [4.78, 5) is 13.5. The molecule has 0 aromatic heterocycles. The van der Waals surface area contributed by atoms with E-state index in [1.165, 1.54) is 11.3 Å². The zero-order chi connectivity index (χ0) is 17.3. The number of amides is 1. The number of nitrogens with one attached hydrogen (secondary N) is 2. The second-order valence-electron chi connectivity index (χ2n) is 6.55. The lowest BCUT2D eigenvalue weighted by molar-refractivity contribution is 0.0534. The van der Waals surface area contributed by atoms with Crippen molar-refractivity contribution in [2.45, 2.75) is 32.9 Å². The van der Waals surface area contributed by atoms with Gasteiger partial charge in [0.1, 0.15) is 5.60 Å². The van der Waals surface area contributed by atoms with Crippen LogP contribution in [-0.4, -0.2) is 38.9 Å². The summed E-state index contributed by atoms with van der Waals surface area (Å²) in [6.45, 7) is 7.57. The van der Waals surface area contributed by atoms with E-state index in [1.807, 2.05) is 47.0 Å². The Morgan fingerprint density at radius 2 is 1.74 bits per heavy atom. The fourth-order valence-electron chi connectivity index (χ4n) is 1.83. The minimum absolute atomic E-state index is 0.393. The molecule has 128 valence electrons. The molecule has 1 amide bonds. The minimum Gasteiger partial charge on any atom is -0.444 e. The second kappa shape index (κ2) is 9.20. The van der Waals surface area contributed by atoms with Crippen molar-refractivity contribution in [1.82, 2.24) is 10.6 Å². The summed E-state index contributed by atoms with van der Waals surface area (Å²) in [5.41, 5.74) is 1.98. The van der Waals surface area contributed by atoms with Crippen LogP contribution >= 0.6 is 0 Å². The lowest BCUT2D eigenvalue weighted by atomic mass is 10.2. The number of carbonyl (C=O) groups excluding carboxylic acids is 1. The minimum atomic E-state index is -0.461. The summed E-state index contributed by atoms with van der Waals surface area (Å²) in [6, 6.07) is 8.46. The SMILES string of the molecule is CN(C)c1ccc(CNC/C=C/CNC(=O)OC(C)(C)C)cc1. The Hall–Kier alpha value is -2.01. The third-order valence-corrected chi connectivity index (χ3v) is 2.97. The van der Waals surface area contributed by atoms with Crippen LogP contribution in [0.4, 0.5) is 10.5 Å². The molecule has 2 N–H and O–H groups in total. The zero-order valence-corrected chi connectivity index (χ0v) is 14.8. The zero-order valence-electron chi connectivity index (χ0n) is 14.8. The highest BCUT2D eigenvalue weighted by atomic mass is 16.6. The monoisotopic (exact) mass is 319 g/mol. The average Bonchev–Trinajstić information content (AvgIpc) is 2.45. The number of ether oxygens (including phenoxy) is 1. The van der Waals surface area contributed by atoms with E-state index in [1.54, 1.807) is 0 Å². The van der Waals surface area contributed by atoms with Crippen LogP contribution in [0.25, 0.3) is 0 Å². The first-order valence-corrected chi connectivity index (χ1v) is 7.87. The molecule has 0 heterocycles. The summed E-state index contributed by atoms with van der Waals surface area (Å²) < 4.78 is 5.15. The van der Waals surface area contributed by atoms with Crippen LogP contribution in [0, 0.1) is 0 Å². The van der Waals surface area contributed by atoms with E-state index < -0.39 is 11.7 Å². The van der Waals surface area contributed by atoms with Crippen LogP contribution in [0.5, 0.6) is 0 Å². The van der Waals surface area contributed by atoms with E-state index in [9.17, 15) is 4.79 Å². The Balaban J connectivity index is 2.16. The van der Waals surface area contributed by atoms with E-state index in [-0.39, 0.29) is 0 Å². The first-order valence-electron chi connectivity index (χ1n) is 7.87. The summed E-state index contributed by atoms with van der Waals surface area (Å²) in [7, 11) is 4.06. The number of hydrogen-bond donors (Lipinski definition) is 2. The molecular formula is C18H29N3O2. The van der Waals surface area contributed by atoms with Crippen LogP contribution in [-0.2, 0) is 11.3 Å². The average molecular weight is 319 g/mol. The predicted octanol–water partition coefficient (Wildman–Crippen LogP) is 2.92. The molecule has 5 heteroatoms. The number of benzene rings is 1.